The second-order valence-electron chi connectivity index (χ2n) is 4.93. The number of ether oxygens (including phenoxy) is 1. The lowest BCUT2D eigenvalue weighted by molar-refractivity contribution is 0.122. The average Bonchev–Trinajstić information content (AvgIpc) is 2.86. The van der Waals surface area contributed by atoms with Crippen LogP contribution in [0.15, 0.2) is 30.3 Å². The highest BCUT2D eigenvalue weighted by atomic mass is 16.5. The molecule has 0 bridgehead atoms. The molecule has 2 heterocycles. The standard InChI is InChI=1S/C16H17N3O.H2/c1-12-14(11-17)16(19-7-9-20-10-8-19)18-15(12)13-5-3-2-4-6-13;/h2-6,18H,7-10H2,1H3;1H. The second kappa shape index (κ2) is 5.40. The molecule has 1 fully saturated rings. The summed E-state index contributed by atoms with van der Waals surface area (Å²) in [7, 11) is 0. The van der Waals surface area contributed by atoms with Crippen molar-refractivity contribution in [2.24, 2.45) is 0 Å². The lowest BCUT2D eigenvalue weighted by Crippen LogP contribution is -2.36. The molecule has 2 aromatic rings. The number of morpholine rings is 1. The van der Waals surface area contributed by atoms with Gasteiger partial charge in [-0.3, -0.25) is 0 Å². The van der Waals surface area contributed by atoms with Crippen LogP contribution in [-0.2, 0) is 4.74 Å². The maximum atomic E-state index is 9.46. The van der Waals surface area contributed by atoms with Gasteiger partial charge in [0.25, 0.3) is 0 Å². The van der Waals surface area contributed by atoms with Crippen molar-refractivity contribution in [3.05, 3.63) is 41.5 Å². The van der Waals surface area contributed by atoms with E-state index in [4.69, 9.17) is 4.74 Å². The smallest absolute Gasteiger partial charge is 0.125 e. The summed E-state index contributed by atoms with van der Waals surface area (Å²) in [5.41, 5.74) is 3.90. The summed E-state index contributed by atoms with van der Waals surface area (Å²) < 4.78 is 5.38. The minimum absolute atomic E-state index is 0. The van der Waals surface area contributed by atoms with Gasteiger partial charge in [-0.1, -0.05) is 30.3 Å². The van der Waals surface area contributed by atoms with E-state index in [1.54, 1.807) is 0 Å². The van der Waals surface area contributed by atoms with Crippen molar-refractivity contribution >= 4 is 5.82 Å². The van der Waals surface area contributed by atoms with E-state index in [0.717, 1.165) is 41.3 Å². The van der Waals surface area contributed by atoms with Crippen LogP contribution in [-0.4, -0.2) is 31.3 Å². The first-order valence-electron chi connectivity index (χ1n) is 6.82. The fourth-order valence-corrected chi connectivity index (χ4v) is 2.63. The summed E-state index contributed by atoms with van der Waals surface area (Å²) >= 11 is 0. The number of H-pyrrole nitrogens is 1. The molecule has 3 rings (SSSR count). The molecule has 0 atom stereocenters. The maximum Gasteiger partial charge on any atom is 0.125 e. The zero-order valence-corrected chi connectivity index (χ0v) is 11.5. The Morgan fingerprint density at radius 1 is 1.25 bits per heavy atom. The van der Waals surface area contributed by atoms with Crippen molar-refractivity contribution in [1.29, 1.82) is 5.26 Å². The second-order valence-corrected chi connectivity index (χ2v) is 4.93. The highest BCUT2D eigenvalue weighted by molar-refractivity contribution is 5.74. The SMILES string of the molecule is Cc1c(-c2ccccc2)[nH]c(N2CCOCC2)c1C#N.[HH]. The van der Waals surface area contributed by atoms with Crippen LogP contribution in [0.5, 0.6) is 0 Å². The third-order valence-electron chi connectivity index (χ3n) is 3.73. The summed E-state index contributed by atoms with van der Waals surface area (Å²) in [6, 6.07) is 12.5. The van der Waals surface area contributed by atoms with Crippen molar-refractivity contribution in [3.8, 4) is 17.3 Å². The topological polar surface area (TPSA) is 52.0 Å². The van der Waals surface area contributed by atoms with Gasteiger partial charge in [0.15, 0.2) is 0 Å². The number of nitriles is 1. The minimum atomic E-state index is 0. The fourth-order valence-electron chi connectivity index (χ4n) is 2.63. The summed E-state index contributed by atoms with van der Waals surface area (Å²) in [4.78, 5) is 5.63. The Morgan fingerprint density at radius 2 is 1.95 bits per heavy atom. The fraction of sp³-hybridized carbons (Fsp3) is 0.312. The first-order valence-corrected chi connectivity index (χ1v) is 6.82. The van der Waals surface area contributed by atoms with Gasteiger partial charge in [0, 0.05) is 14.5 Å². The Kier molecular flexibility index (Phi) is 3.44. The van der Waals surface area contributed by atoms with E-state index < -0.39 is 0 Å². The molecule has 4 heteroatoms. The third kappa shape index (κ3) is 2.17. The van der Waals surface area contributed by atoms with E-state index in [-0.39, 0.29) is 1.43 Å². The van der Waals surface area contributed by atoms with Crippen LogP contribution in [0, 0.1) is 18.3 Å². The van der Waals surface area contributed by atoms with Crippen LogP contribution < -0.4 is 4.90 Å². The number of benzene rings is 1. The Labute approximate surface area is 120 Å². The lowest BCUT2D eigenvalue weighted by atomic mass is 10.1. The van der Waals surface area contributed by atoms with Gasteiger partial charge in [0.1, 0.15) is 11.9 Å². The van der Waals surface area contributed by atoms with Gasteiger partial charge in [0.2, 0.25) is 0 Å². The van der Waals surface area contributed by atoms with Gasteiger partial charge in [-0.25, -0.2) is 0 Å². The quantitative estimate of drug-likeness (QED) is 0.912. The molecule has 0 saturated carbocycles. The van der Waals surface area contributed by atoms with Crippen molar-refractivity contribution in [1.82, 2.24) is 4.98 Å². The molecule has 4 nitrogen and oxygen atoms in total. The number of hydrogen-bond acceptors (Lipinski definition) is 3. The average molecular weight is 269 g/mol. The van der Waals surface area contributed by atoms with Crippen LogP contribution in [0.2, 0.25) is 0 Å². The normalized spacial score (nSPS) is 15.1. The molecule has 1 N–H and O–H groups in total. The van der Waals surface area contributed by atoms with E-state index in [2.05, 4.69) is 28.1 Å². The molecule has 0 amide bonds. The van der Waals surface area contributed by atoms with Crippen molar-refractivity contribution in [2.45, 2.75) is 6.92 Å². The summed E-state index contributed by atoms with van der Waals surface area (Å²) in [6.07, 6.45) is 0. The molecular weight excluding hydrogens is 250 g/mol. The van der Waals surface area contributed by atoms with Crippen molar-refractivity contribution in [2.75, 3.05) is 31.2 Å². The zero-order chi connectivity index (χ0) is 13.9. The van der Waals surface area contributed by atoms with Gasteiger partial charge in [-0.05, 0) is 18.1 Å². The molecule has 1 aliphatic heterocycles. The number of hydrogen-bond donors (Lipinski definition) is 1. The zero-order valence-electron chi connectivity index (χ0n) is 11.5. The number of aromatic nitrogens is 1. The van der Waals surface area contributed by atoms with E-state index in [0.29, 0.717) is 13.2 Å². The molecule has 1 aliphatic rings. The number of nitrogens with one attached hydrogen (secondary N) is 1. The van der Waals surface area contributed by atoms with E-state index in [1.165, 1.54) is 0 Å². The molecule has 1 saturated heterocycles. The molecule has 104 valence electrons. The van der Waals surface area contributed by atoms with Gasteiger partial charge in [-0.2, -0.15) is 5.26 Å². The van der Waals surface area contributed by atoms with Crippen LogP contribution in [0.1, 0.15) is 12.6 Å². The predicted octanol–water partition coefficient (Wildman–Crippen LogP) is 2.94. The Balaban J connectivity index is 0.00000161. The molecule has 1 aromatic carbocycles. The van der Waals surface area contributed by atoms with Crippen molar-refractivity contribution in [3.63, 3.8) is 0 Å². The van der Waals surface area contributed by atoms with Gasteiger partial charge in [0.05, 0.1) is 24.5 Å². The van der Waals surface area contributed by atoms with Gasteiger partial charge >= 0.3 is 0 Å². The molecule has 0 unspecified atom stereocenters. The maximum absolute atomic E-state index is 9.46. The largest absolute Gasteiger partial charge is 0.378 e. The number of nitrogens with zero attached hydrogens (tertiary/aromatic N) is 2. The molecule has 0 spiro atoms. The molecule has 0 aliphatic carbocycles. The summed E-state index contributed by atoms with van der Waals surface area (Å²) in [5, 5.41) is 9.46. The van der Waals surface area contributed by atoms with Crippen LogP contribution >= 0.6 is 0 Å². The Bertz CT molecular complexity index is 640. The van der Waals surface area contributed by atoms with Crippen molar-refractivity contribution < 1.29 is 6.16 Å². The summed E-state index contributed by atoms with van der Waals surface area (Å²) in [5.74, 6) is 0.923. The molecular formula is C16H19N3O. The Hall–Kier alpha value is -2.25. The highest BCUT2D eigenvalue weighted by Gasteiger charge is 2.21. The minimum Gasteiger partial charge on any atom is -0.378 e. The number of aromatic amines is 1. The third-order valence-corrected chi connectivity index (χ3v) is 3.73. The van der Waals surface area contributed by atoms with Crippen LogP contribution in [0.3, 0.4) is 0 Å². The lowest BCUT2D eigenvalue weighted by Gasteiger charge is -2.27. The van der Waals surface area contributed by atoms with Gasteiger partial charge in [-0.15, -0.1) is 0 Å². The predicted molar refractivity (Wildman–Crippen MR) is 80.8 cm³/mol. The van der Waals surface area contributed by atoms with E-state index >= 15 is 0 Å². The monoisotopic (exact) mass is 269 g/mol. The number of anilines is 1. The Morgan fingerprint density at radius 3 is 2.60 bits per heavy atom. The first-order chi connectivity index (χ1) is 9.81. The molecule has 1 aromatic heterocycles. The molecule has 20 heavy (non-hydrogen) atoms. The summed E-state index contributed by atoms with van der Waals surface area (Å²) in [6.45, 7) is 5.07. The molecule has 0 radical (unpaired) electrons. The van der Waals surface area contributed by atoms with Crippen LogP contribution in [0.25, 0.3) is 11.3 Å². The van der Waals surface area contributed by atoms with E-state index in [9.17, 15) is 5.26 Å². The highest BCUT2D eigenvalue weighted by Crippen LogP contribution is 2.32. The van der Waals surface area contributed by atoms with Crippen LogP contribution in [0.4, 0.5) is 5.82 Å². The first kappa shape index (κ1) is 12.8. The van der Waals surface area contributed by atoms with E-state index in [1.807, 2.05) is 25.1 Å². The van der Waals surface area contributed by atoms with Gasteiger partial charge < -0.3 is 14.6 Å². The number of rotatable bonds is 2.